The van der Waals surface area contributed by atoms with Gasteiger partial charge in [-0.2, -0.15) is 0 Å². The Kier molecular flexibility index (Phi) is 3.30. The van der Waals surface area contributed by atoms with Gasteiger partial charge in [-0.1, -0.05) is 65.3 Å². The third-order valence-electron chi connectivity index (χ3n) is 7.89. The largest absolute Gasteiger partial charge is 0.346 e. The Morgan fingerprint density at radius 3 is 2.21 bits per heavy atom. The number of aromatic nitrogens is 2. The molecule has 2 atom stereocenters. The maximum absolute atomic E-state index is 2.56. The molecule has 0 saturated heterocycles. The summed E-state index contributed by atoms with van der Waals surface area (Å²) in [6.45, 7) is 0. The van der Waals surface area contributed by atoms with Crippen LogP contribution in [0.1, 0.15) is 11.1 Å². The Hall–Kier alpha value is -4.31. The predicted molar refractivity (Wildman–Crippen MR) is 135 cm³/mol. The second-order valence-electron chi connectivity index (χ2n) is 9.40. The monoisotopic (exact) mass is 439 g/mol. The molecule has 0 fully saturated rings. The molecule has 3 aliphatic heterocycles. The average Bonchev–Trinajstić information content (AvgIpc) is 3.62. The van der Waals surface area contributed by atoms with E-state index in [9.17, 15) is 0 Å². The van der Waals surface area contributed by atoms with Gasteiger partial charge in [0.1, 0.15) is 5.69 Å². The molecule has 2 unspecified atom stereocenters. The summed E-state index contributed by atoms with van der Waals surface area (Å²) < 4.78 is 4.75. The van der Waals surface area contributed by atoms with Gasteiger partial charge in [0, 0.05) is 13.1 Å². The number of likely N-dealkylation sites (N-methyl/N-ethyl adjacent to an activating group) is 1. The number of fused-ring (bicyclic) bond motifs is 12. The predicted octanol–water partition coefficient (Wildman–Crippen LogP) is 5.46. The van der Waals surface area contributed by atoms with E-state index in [-0.39, 0.29) is 11.7 Å². The van der Waals surface area contributed by atoms with Crippen molar-refractivity contribution in [2.45, 2.75) is 11.7 Å². The smallest absolute Gasteiger partial charge is 0.285 e. The van der Waals surface area contributed by atoms with Gasteiger partial charge >= 0.3 is 0 Å². The van der Waals surface area contributed by atoms with Crippen molar-refractivity contribution in [3.8, 4) is 16.8 Å². The highest BCUT2D eigenvalue weighted by Crippen LogP contribution is 2.59. The molecule has 4 heteroatoms. The summed E-state index contributed by atoms with van der Waals surface area (Å²) in [7, 11) is 2.24. The van der Waals surface area contributed by atoms with Gasteiger partial charge in [-0.25, -0.2) is 0 Å². The molecular formula is C30H23N4+. The summed E-state index contributed by atoms with van der Waals surface area (Å²) in [5.74, 6) is 0. The number of anilines is 3. The topological polar surface area (TPSA) is 15.3 Å². The molecule has 34 heavy (non-hydrogen) atoms. The third kappa shape index (κ3) is 1.95. The number of hydrogen-bond acceptors (Lipinski definition) is 2. The van der Waals surface area contributed by atoms with Crippen molar-refractivity contribution in [1.29, 1.82) is 0 Å². The van der Waals surface area contributed by atoms with E-state index in [1.807, 2.05) is 0 Å². The first-order valence-electron chi connectivity index (χ1n) is 11.8. The highest BCUT2D eigenvalue weighted by Gasteiger charge is 2.69. The molecule has 4 aromatic carbocycles. The summed E-state index contributed by atoms with van der Waals surface area (Å²) >= 11 is 0. The van der Waals surface area contributed by atoms with Crippen molar-refractivity contribution in [1.82, 2.24) is 4.68 Å². The molecule has 8 rings (SSSR count). The van der Waals surface area contributed by atoms with Crippen LogP contribution in [0.15, 0.2) is 116 Å². The lowest BCUT2D eigenvalue weighted by Crippen LogP contribution is -2.67. The fourth-order valence-electron chi connectivity index (χ4n) is 6.61. The Balaban J connectivity index is 1.49. The van der Waals surface area contributed by atoms with Gasteiger partial charge in [-0.3, -0.25) is 0 Å². The van der Waals surface area contributed by atoms with Crippen LogP contribution in [0.25, 0.3) is 16.8 Å². The molecule has 4 heterocycles. The molecule has 1 aromatic heterocycles. The Bertz CT molecular complexity index is 1600. The summed E-state index contributed by atoms with van der Waals surface area (Å²) in [4.78, 5) is 5.02. The number of para-hydroxylation sites is 3. The van der Waals surface area contributed by atoms with Crippen molar-refractivity contribution in [3.05, 3.63) is 127 Å². The maximum atomic E-state index is 2.56. The molecule has 0 saturated carbocycles. The minimum atomic E-state index is -0.363. The average molecular weight is 440 g/mol. The first-order chi connectivity index (χ1) is 16.8. The van der Waals surface area contributed by atoms with E-state index in [0.717, 1.165) is 0 Å². The van der Waals surface area contributed by atoms with Gasteiger partial charge in [-0.15, -0.1) is 4.68 Å². The minimum Gasteiger partial charge on any atom is -0.346 e. The molecule has 1 spiro atoms. The van der Waals surface area contributed by atoms with E-state index in [1.54, 1.807) is 0 Å². The van der Waals surface area contributed by atoms with Crippen molar-refractivity contribution in [2.75, 3.05) is 16.8 Å². The van der Waals surface area contributed by atoms with Crippen LogP contribution in [-0.4, -0.2) is 17.9 Å². The van der Waals surface area contributed by atoms with E-state index in [4.69, 9.17) is 0 Å². The van der Waals surface area contributed by atoms with Gasteiger partial charge in [0.2, 0.25) is 0 Å². The summed E-state index contributed by atoms with van der Waals surface area (Å²) in [6, 6.07) is 37.5. The Labute approximate surface area is 198 Å². The number of nitrogens with zero attached hydrogens (tertiary/aromatic N) is 4. The van der Waals surface area contributed by atoms with Crippen molar-refractivity contribution >= 4 is 17.1 Å². The van der Waals surface area contributed by atoms with Gasteiger partial charge in [-0.05, 0) is 47.5 Å². The van der Waals surface area contributed by atoms with Crippen molar-refractivity contribution < 1.29 is 4.68 Å². The van der Waals surface area contributed by atoms with Gasteiger partial charge in [0.15, 0.2) is 12.4 Å². The van der Waals surface area contributed by atoms with Crippen LogP contribution in [0.4, 0.5) is 17.1 Å². The van der Waals surface area contributed by atoms with Gasteiger partial charge < -0.3 is 9.80 Å². The van der Waals surface area contributed by atoms with E-state index < -0.39 is 0 Å². The van der Waals surface area contributed by atoms with Gasteiger partial charge in [0.25, 0.3) is 5.54 Å². The van der Waals surface area contributed by atoms with Crippen molar-refractivity contribution in [2.24, 2.45) is 0 Å². The number of rotatable bonds is 1. The van der Waals surface area contributed by atoms with Gasteiger partial charge in [0.05, 0.1) is 34.4 Å². The minimum absolute atomic E-state index is 0.0909. The van der Waals surface area contributed by atoms with Crippen LogP contribution in [0.3, 0.4) is 0 Å². The van der Waals surface area contributed by atoms with Crippen LogP contribution in [0.5, 0.6) is 0 Å². The standard InChI is InChI=1S/C30H23N4/c1-31-26-14-7-8-15-27(26)34-28-20-22(21-10-3-2-4-11-21)16-17-24(28)30(29(31)34)23-12-5-6-13-25(23)32-18-9-19-33(30)32/h2-20,29H,1H3/q+1. The van der Waals surface area contributed by atoms with Crippen LogP contribution in [-0.2, 0) is 5.54 Å². The van der Waals surface area contributed by atoms with E-state index in [2.05, 4.69) is 142 Å². The second-order valence-corrected chi connectivity index (χ2v) is 9.40. The molecule has 0 N–H and O–H groups in total. The molecule has 0 bridgehead atoms. The normalized spacial score (nSPS) is 20.8. The van der Waals surface area contributed by atoms with Crippen LogP contribution >= 0.6 is 0 Å². The van der Waals surface area contributed by atoms with E-state index in [1.165, 1.54) is 45.0 Å². The van der Waals surface area contributed by atoms with Crippen LogP contribution in [0.2, 0.25) is 0 Å². The lowest BCUT2D eigenvalue weighted by atomic mass is 9.81. The first-order valence-corrected chi connectivity index (χ1v) is 11.8. The zero-order chi connectivity index (χ0) is 22.4. The molecule has 0 aliphatic carbocycles. The lowest BCUT2D eigenvalue weighted by Gasteiger charge is -2.32. The summed E-state index contributed by atoms with van der Waals surface area (Å²) in [6.07, 6.45) is 4.50. The Morgan fingerprint density at radius 1 is 0.647 bits per heavy atom. The third-order valence-corrected chi connectivity index (χ3v) is 7.89. The lowest BCUT2D eigenvalue weighted by molar-refractivity contribution is -0.801. The molecule has 162 valence electrons. The molecule has 0 amide bonds. The van der Waals surface area contributed by atoms with Crippen LogP contribution in [0, 0.1) is 0 Å². The fraction of sp³-hybridized carbons (Fsp3) is 0.100. The number of benzene rings is 4. The zero-order valence-corrected chi connectivity index (χ0v) is 18.8. The summed E-state index contributed by atoms with van der Waals surface area (Å²) in [5.41, 5.74) is 9.87. The Morgan fingerprint density at radius 2 is 1.35 bits per heavy atom. The fourth-order valence-corrected chi connectivity index (χ4v) is 6.61. The molecule has 5 aromatic rings. The molecule has 4 nitrogen and oxygen atoms in total. The van der Waals surface area contributed by atoms with E-state index >= 15 is 0 Å². The highest BCUT2D eigenvalue weighted by molar-refractivity contribution is 5.91. The first kappa shape index (κ1) is 18.2. The van der Waals surface area contributed by atoms with Crippen LogP contribution < -0.4 is 14.5 Å². The molecule has 3 aliphatic rings. The highest BCUT2D eigenvalue weighted by atomic mass is 15.5. The molecular weight excluding hydrogens is 416 g/mol. The zero-order valence-electron chi connectivity index (χ0n) is 18.8. The quantitative estimate of drug-likeness (QED) is 0.322. The number of hydrogen-bond donors (Lipinski definition) is 0. The summed E-state index contributed by atoms with van der Waals surface area (Å²) in [5, 5.41) is 0. The SMILES string of the molecule is CN1c2ccccc2N2c3cc(-c4ccccc4)ccc3C3(c4ccccc4-n4ccc[n+]43)C12. The maximum Gasteiger partial charge on any atom is 0.285 e. The van der Waals surface area contributed by atoms with Crippen molar-refractivity contribution in [3.63, 3.8) is 0 Å². The second kappa shape index (κ2) is 6.17. The van der Waals surface area contributed by atoms with E-state index in [0.29, 0.717) is 0 Å². The molecule has 0 radical (unpaired) electrons.